The molecule has 0 fully saturated rings. The van der Waals surface area contributed by atoms with Gasteiger partial charge in [0.2, 0.25) is 0 Å². The van der Waals surface area contributed by atoms with Crippen LogP contribution in [0.15, 0.2) is 72.8 Å². The van der Waals surface area contributed by atoms with Gasteiger partial charge in [-0.1, -0.05) is 133 Å². The smallest absolute Gasteiger partial charge is 0.0398 e. The third-order valence-corrected chi connectivity index (χ3v) is 4.43. The molecule has 0 nitrogen and oxygen atoms in total. The summed E-state index contributed by atoms with van der Waals surface area (Å²) in [6.45, 7) is 19.2. The zero-order valence-electron chi connectivity index (χ0n) is 20.2. The highest BCUT2D eigenvalue weighted by Gasteiger charge is 1.82. The SMILES string of the molecule is CCC(C)C.Cc1ccc(C)cc1.Cc1ccc(C)cc1.Cc1cccc(C)c1. The lowest BCUT2D eigenvalue weighted by Crippen LogP contribution is -1.77. The normalized spacial score (nSPS) is 9.31. The average molecular weight is 391 g/mol. The zero-order chi connectivity index (χ0) is 22.2. The molecule has 0 radical (unpaired) electrons. The van der Waals surface area contributed by atoms with Crippen LogP contribution in [0.3, 0.4) is 0 Å². The second-order valence-corrected chi connectivity index (χ2v) is 8.27. The Morgan fingerprint density at radius 3 is 0.862 bits per heavy atom. The van der Waals surface area contributed by atoms with Gasteiger partial charge in [0.25, 0.3) is 0 Å². The van der Waals surface area contributed by atoms with Gasteiger partial charge in [-0.05, 0) is 47.5 Å². The van der Waals surface area contributed by atoms with Gasteiger partial charge in [0.05, 0.1) is 0 Å². The quantitative estimate of drug-likeness (QED) is 0.389. The maximum atomic E-state index is 2.22. The van der Waals surface area contributed by atoms with Crippen LogP contribution in [0.2, 0.25) is 0 Å². The van der Waals surface area contributed by atoms with Crippen molar-refractivity contribution in [3.05, 3.63) is 106 Å². The summed E-state index contributed by atoms with van der Waals surface area (Å²) >= 11 is 0. The lowest BCUT2D eigenvalue weighted by Gasteiger charge is -1.90. The van der Waals surface area contributed by atoms with Gasteiger partial charge >= 0.3 is 0 Å². The van der Waals surface area contributed by atoms with Gasteiger partial charge in [-0.15, -0.1) is 0 Å². The van der Waals surface area contributed by atoms with Crippen LogP contribution in [0.1, 0.15) is 60.6 Å². The summed E-state index contributed by atoms with van der Waals surface area (Å²) < 4.78 is 0. The second-order valence-electron chi connectivity index (χ2n) is 8.27. The fraction of sp³-hybridized carbons (Fsp3) is 0.379. The summed E-state index contributed by atoms with van der Waals surface area (Å²) in [7, 11) is 0. The zero-order valence-corrected chi connectivity index (χ0v) is 20.2. The van der Waals surface area contributed by atoms with Crippen LogP contribution in [-0.2, 0) is 0 Å². The first-order valence-corrected chi connectivity index (χ1v) is 10.7. The van der Waals surface area contributed by atoms with Gasteiger partial charge in [-0.3, -0.25) is 0 Å². The van der Waals surface area contributed by atoms with Crippen molar-refractivity contribution in [1.82, 2.24) is 0 Å². The Balaban J connectivity index is 0.000000367. The fourth-order valence-electron chi connectivity index (χ4n) is 2.08. The van der Waals surface area contributed by atoms with E-state index in [2.05, 4.69) is 135 Å². The molecule has 0 saturated carbocycles. The molecule has 0 spiro atoms. The molecule has 158 valence electrons. The van der Waals surface area contributed by atoms with E-state index in [1.807, 2.05) is 0 Å². The monoisotopic (exact) mass is 390 g/mol. The third-order valence-electron chi connectivity index (χ3n) is 4.43. The van der Waals surface area contributed by atoms with Crippen LogP contribution in [0.25, 0.3) is 0 Å². The number of aryl methyl sites for hydroxylation is 6. The Kier molecular flexibility index (Phi) is 14.3. The summed E-state index contributed by atoms with van der Waals surface area (Å²) in [6.07, 6.45) is 1.31. The topological polar surface area (TPSA) is 0 Å². The molecule has 0 heteroatoms. The summed E-state index contributed by atoms with van der Waals surface area (Å²) in [4.78, 5) is 0. The van der Waals surface area contributed by atoms with Crippen LogP contribution in [-0.4, -0.2) is 0 Å². The number of hydrogen-bond acceptors (Lipinski definition) is 0. The fourth-order valence-corrected chi connectivity index (χ4v) is 2.08. The first-order chi connectivity index (χ1) is 13.6. The summed E-state index contributed by atoms with van der Waals surface area (Å²) in [5, 5.41) is 0. The highest BCUT2D eigenvalue weighted by molar-refractivity contribution is 5.21. The largest absolute Gasteiger partial charge is 0.0651 e. The maximum Gasteiger partial charge on any atom is -0.0398 e. The van der Waals surface area contributed by atoms with Gasteiger partial charge in [0.1, 0.15) is 0 Å². The van der Waals surface area contributed by atoms with Gasteiger partial charge < -0.3 is 0 Å². The molecule has 3 aromatic carbocycles. The highest BCUT2D eigenvalue weighted by atomic mass is 13.9. The molecule has 0 amide bonds. The lowest BCUT2D eigenvalue weighted by molar-refractivity contribution is 0.626. The van der Waals surface area contributed by atoms with E-state index in [4.69, 9.17) is 0 Å². The van der Waals surface area contributed by atoms with E-state index in [0.717, 1.165) is 5.92 Å². The third kappa shape index (κ3) is 16.3. The summed E-state index contributed by atoms with van der Waals surface area (Å²) in [5.41, 5.74) is 7.99. The Labute approximate surface area is 181 Å². The Morgan fingerprint density at radius 1 is 0.483 bits per heavy atom. The molecule has 3 rings (SSSR count). The van der Waals surface area contributed by atoms with E-state index < -0.39 is 0 Å². The van der Waals surface area contributed by atoms with E-state index in [0.29, 0.717) is 0 Å². The van der Waals surface area contributed by atoms with E-state index in [1.165, 1.54) is 39.8 Å². The van der Waals surface area contributed by atoms with Crippen LogP contribution >= 0.6 is 0 Å². The van der Waals surface area contributed by atoms with Crippen LogP contribution in [0.5, 0.6) is 0 Å². The molecule has 0 aliphatic carbocycles. The van der Waals surface area contributed by atoms with Crippen molar-refractivity contribution in [3.8, 4) is 0 Å². The van der Waals surface area contributed by atoms with Gasteiger partial charge in [0.15, 0.2) is 0 Å². The van der Waals surface area contributed by atoms with Crippen LogP contribution in [0, 0.1) is 47.5 Å². The van der Waals surface area contributed by atoms with Crippen LogP contribution in [0.4, 0.5) is 0 Å². The molecule has 0 aromatic heterocycles. The van der Waals surface area contributed by atoms with Crippen molar-refractivity contribution in [2.75, 3.05) is 0 Å². The molecule has 0 saturated heterocycles. The molecule has 29 heavy (non-hydrogen) atoms. The first kappa shape index (κ1) is 26.7. The summed E-state index contributed by atoms with van der Waals surface area (Å²) in [6, 6.07) is 25.4. The van der Waals surface area contributed by atoms with Crippen LogP contribution < -0.4 is 0 Å². The Morgan fingerprint density at radius 2 is 0.724 bits per heavy atom. The molecule has 0 aliphatic heterocycles. The molecule has 0 bridgehead atoms. The van der Waals surface area contributed by atoms with Crippen molar-refractivity contribution < 1.29 is 0 Å². The minimum Gasteiger partial charge on any atom is -0.0651 e. The lowest BCUT2D eigenvalue weighted by atomic mass is 10.2. The van der Waals surface area contributed by atoms with Crippen molar-refractivity contribution in [3.63, 3.8) is 0 Å². The van der Waals surface area contributed by atoms with Crippen molar-refractivity contribution >= 4 is 0 Å². The predicted octanol–water partition coefficient (Wildman–Crippen LogP) is 8.96. The molecular formula is C29H42. The van der Waals surface area contributed by atoms with Gasteiger partial charge in [-0.2, -0.15) is 0 Å². The predicted molar refractivity (Wildman–Crippen MR) is 133 cm³/mol. The maximum absolute atomic E-state index is 2.22. The minimum atomic E-state index is 0.884. The van der Waals surface area contributed by atoms with Crippen molar-refractivity contribution in [2.24, 2.45) is 5.92 Å². The molecule has 3 aromatic rings. The first-order valence-electron chi connectivity index (χ1n) is 10.7. The molecule has 0 aliphatic rings. The highest BCUT2D eigenvalue weighted by Crippen LogP contribution is 2.01. The Hall–Kier alpha value is -2.34. The number of hydrogen-bond donors (Lipinski definition) is 0. The summed E-state index contributed by atoms with van der Waals surface area (Å²) in [5.74, 6) is 0.884. The van der Waals surface area contributed by atoms with E-state index >= 15 is 0 Å². The van der Waals surface area contributed by atoms with E-state index in [1.54, 1.807) is 0 Å². The average Bonchev–Trinajstić information content (AvgIpc) is 2.68. The molecule has 0 N–H and O–H groups in total. The minimum absolute atomic E-state index is 0.884. The van der Waals surface area contributed by atoms with Crippen molar-refractivity contribution in [1.29, 1.82) is 0 Å². The number of benzene rings is 3. The van der Waals surface area contributed by atoms with E-state index in [-0.39, 0.29) is 0 Å². The Bertz CT molecular complexity index is 659. The second kappa shape index (κ2) is 15.6. The molecule has 0 heterocycles. The molecular weight excluding hydrogens is 348 g/mol. The van der Waals surface area contributed by atoms with Gasteiger partial charge in [0, 0.05) is 0 Å². The standard InChI is InChI=1S/3C8H10.C5H12/c2*1-7-3-5-8(2)6-4-7;1-7-4-3-5-8(2)6-7;1-4-5(2)3/h3*3-6H,1-2H3;5H,4H2,1-3H3. The van der Waals surface area contributed by atoms with Crippen molar-refractivity contribution in [2.45, 2.75) is 68.7 Å². The number of rotatable bonds is 1. The molecule has 0 atom stereocenters. The van der Waals surface area contributed by atoms with E-state index in [9.17, 15) is 0 Å². The molecule has 0 unspecified atom stereocenters. The van der Waals surface area contributed by atoms with Gasteiger partial charge in [-0.25, -0.2) is 0 Å².